The number of sulfonamides is 1. The van der Waals surface area contributed by atoms with Crippen molar-refractivity contribution in [3.8, 4) is 5.75 Å². The van der Waals surface area contributed by atoms with Gasteiger partial charge >= 0.3 is 6.16 Å². The van der Waals surface area contributed by atoms with Crippen LogP contribution in [0.2, 0.25) is 0 Å². The summed E-state index contributed by atoms with van der Waals surface area (Å²) in [5.74, 6) is 1.07. The van der Waals surface area contributed by atoms with Crippen LogP contribution in [-0.4, -0.2) is 39.9 Å². The summed E-state index contributed by atoms with van der Waals surface area (Å²) in [6.45, 7) is 13.8. The minimum Gasteiger partial charge on any atom is -0.487 e. The molecule has 1 aliphatic rings. The number of carbonyl (C=O) groups is 1. The Morgan fingerprint density at radius 3 is 2.44 bits per heavy atom. The number of hydrogen-bond acceptors (Lipinski definition) is 6. The zero-order chi connectivity index (χ0) is 24.3. The van der Waals surface area contributed by atoms with E-state index in [0.29, 0.717) is 16.9 Å². The molecule has 8 heteroatoms. The monoisotopic (exact) mass is 467 g/mol. The first-order valence-electron chi connectivity index (χ1n) is 11.0. The number of fused-ring (bicyclic) bond motifs is 1. The van der Waals surface area contributed by atoms with Crippen LogP contribution in [0.3, 0.4) is 0 Å². The number of benzene rings is 1. The first kappa shape index (κ1) is 26.2. The molecular weight excluding hydrogens is 430 g/mol. The Hall–Kier alpha value is -2.06. The highest BCUT2D eigenvalue weighted by atomic mass is 32.2. The number of ether oxygens (including phenoxy) is 3. The van der Waals surface area contributed by atoms with Crippen molar-refractivity contribution in [1.82, 2.24) is 4.72 Å². The van der Waals surface area contributed by atoms with E-state index < -0.39 is 22.2 Å². The van der Waals surface area contributed by atoms with E-state index in [1.54, 1.807) is 12.2 Å². The lowest BCUT2D eigenvalue weighted by molar-refractivity contribution is 0.0815. The summed E-state index contributed by atoms with van der Waals surface area (Å²) in [4.78, 5) is 11.4. The van der Waals surface area contributed by atoms with Gasteiger partial charge in [0.2, 0.25) is 10.0 Å². The maximum Gasteiger partial charge on any atom is 0.508 e. The summed E-state index contributed by atoms with van der Waals surface area (Å²) in [7, 11) is -2.56. The molecule has 0 aromatic heterocycles. The fourth-order valence-electron chi connectivity index (χ4n) is 4.08. The van der Waals surface area contributed by atoms with Crippen LogP contribution < -0.4 is 9.46 Å². The maximum absolute atomic E-state index is 13.5. The Morgan fingerprint density at radius 1 is 1.19 bits per heavy atom. The smallest absolute Gasteiger partial charge is 0.487 e. The number of hydrogen-bond donors (Lipinski definition) is 1. The molecule has 1 heterocycles. The molecule has 1 atom stereocenters. The molecule has 0 fully saturated rings. The van der Waals surface area contributed by atoms with E-state index in [0.717, 1.165) is 35.3 Å². The minimum absolute atomic E-state index is 0.00608. The average molecular weight is 468 g/mol. The van der Waals surface area contributed by atoms with E-state index >= 15 is 0 Å². The van der Waals surface area contributed by atoms with Crippen LogP contribution in [0.25, 0.3) is 0 Å². The van der Waals surface area contributed by atoms with Gasteiger partial charge in [0.25, 0.3) is 0 Å². The van der Waals surface area contributed by atoms with Crippen LogP contribution in [-0.2, 0) is 25.9 Å². The van der Waals surface area contributed by atoms with Crippen molar-refractivity contribution in [2.45, 2.75) is 84.3 Å². The van der Waals surface area contributed by atoms with Gasteiger partial charge in [-0.3, -0.25) is 0 Å². The number of rotatable bonds is 8. The zero-order valence-corrected chi connectivity index (χ0v) is 21.3. The van der Waals surface area contributed by atoms with E-state index in [4.69, 9.17) is 9.47 Å². The SMILES string of the molecule is COC(=O)OC/C=C/[C@H](CC(C)C)NS(=O)(=O)c1c(C)c(C)c2c(c1C)CCC(C)(C)O2. The molecule has 0 spiro atoms. The summed E-state index contributed by atoms with van der Waals surface area (Å²) in [5.41, 5.74) is 3.01. The van der Waals surface area contributed by atoms with Crippen LogP contribution in [0.5, 0.6) is 5.75 Å². The fraction of sp³-hybridized carbons (Fsp3) is 0.625. The van der Waals surface area contributed by atoms with Crippen LogP contribution in [0.4, 0.5) is 4.79 Å². The number of methoxy groups -OCH3 is 1. The molecule has 0 unspecified atom stereocenters. The van der Waals surface area contributed by atoms with Gasteiger partial charge in [-0.15, -0.1) is 0 Å². The van der Waals surface area contributed by atoms with Gasteiger partial charge in [0.05, 0.1) is 12.0 Å². The van der Waals surface area contributed by atoms with Crippen molar-refractivity contribution in [2.24, 2.45) is 5.92 Å². The predicted molar refractivity (Wildman–Crippen MR) is 125 cm³/mol. The van der Waals surface area contributed by atoms with Gasteiger partial charge in [0.15, 0.2) is 0 Å². The highest BCUT2D eigenvalue weighted by Gasteiger charge is 2.34. The van der Waals surface area contributed by atoms with E-state index in [-0.39, 0.29) is 18.1 Å². The molecule has 180 valence electrons. The van der Waals surface area contributed by atoms with Crippen molar-refractivity contribution in [1.29, 1.82) is 0 Å². The predicted octanol–water partition coefficient (Wildman–Crippen LogP) is 4.75. The van der Waals surface area contributed by atoms with E-state index in [1.165, 1.54) is 7.11 Å². The Bertz CT molecular complexity index is 979. The van der Waals surface area contributed by atoms with Gasteiger partial charge in [-0.25, -0.2) is 17.9 Å². The Morgan fingerprint density at radius 2 is 1.84 bits per heavy atom. The second kappa shape index (κ2) is 10.3. The molecule has 0 aliphatic carbocycles. The summed E-state index contributed by atoms with van der Waals surface area (Å²) in [6.07, 6.45) is 4.78. The molecular formula is C24H37NO6S. The second-order valence-electron chi connectivity index (χ2n) is 9.42. The van der Waals surface area contributed by atoms with Crippen LogP contribution >= 0.6 is 0 Å². The summed E-state index contributed by atoms with van der Waals surface area (Å²) in [6, 6.07) is -0.438. The number of nitrogens with one attached hydrogen (secondary N) is 1. The largest absolute Gasteiger partial charge is 0.508 e. The highest BCUT2D eigenvalue weighted by molar-refractivity contribution is 7.89. The third-order valence-corrected chi connectivity index (χ3v) is 7.56. The van der Waals surface area contributed by atoms with Crippen LogP contribution in [0.1, 0.15) is 62.8 Å². The van der Waals surface area contributed by atoms with Crippen molar-refractivity contribution in [2.75, 3.05) is 13.7 Å². The molecule has 0 amide bonds. The lowest BCUT2D eigenvalue weighted by Gasteiger charge is -2.35. The Balaban J connectivity index is 2.37. The average Bonchev–Trinajstić information content (AvgIpc) is 2.67. The summed E-state index contributed by atoms with van der Waals surface area (Å²) >= 11 is 0. The first-order valence-corrected chi connectivity index (χ1v) is 12.5. The van der Waals surface area contributed by atoms with Gasteiger partial charge in [-0.2, -0.15) is 0 Å². The second-order valence-corrected chi connectivity index (χ2v) is 11.1. The van der Waals surface area contributed by atoms with Crippen molar-refractivity contribution in [3.05, 3.63) is 34.4 Å². The topological polar surface area (TPSA) is 90.9 Å². The van der Waals surface area contributed by atoms with E-state index in [1.807, 2.05) is 34.6 Å². The molecule has 0 saturated heterocycles. The zero-order valence-electron chi connectivity index (χ0n) is 20.5. The summed E-state index contributed by atoms with van der Waals surface area (Å²) in [5, 5.41) is 0. The van der Waals surface area contributed by atoms with Gasteiger partial charge < -0.3 is 14.2 Å². The van der Waals surface area contributed by atoms with Crippen LogP contribution in [0, 0.1) is 26.7 Å². The van der Waals surface area contributed by atoms with E-state index in [2.05, 4.69) is 23.3 Å². The molecule has 32 heavy (non-hydrogen) atoms. The highest BCUT2D eigenvalue weighted by Crippen LogP contribution is 2.42. The lowest BCUT2D eigenvalue weighted by atomic mass is 9.88. The molecule has 2 rings (SSSR count). The Kier molecular flexibility index (Phi) is 8.39. The normalized spacial score (nSPS) is 16.5. The fourth-order valence-corrected chi connectivity index (χ4v) is 5.85. The van der Waals surface area contributed by atoms with Crippen molar-refractivity contribution >= 4 is 16.2 Å². The standard InChI is InChI=1S/C24H37NO6S/c1-15(2)14-19(10-9-13-30-23(26)29-8)25-32(27,28)22-17(4)16(3)21-20(18(22)5)11-12-24(6,7)31-21/h9-10,15,19,25H,11-14H2,1-8H3/b10-9+/t19-/m1/s1. The molecule has 1 aliphatic heterocycles. The van der Waals surface area contributed by atoms with Gasteiger partial charge in [0, 0.05) is 6.04 Å². The maximum atomic E-state index is 13.5. The molecule has 0 radical (unpaired) electrons. The molecule has 0 bridgehead atoms. The minimum atomic E-state index is -3.80. The third kappa shape index (κ3) is 6.25. The number of carbonyl (C=O) groups excluding carboxylic acids is 1. The summed E-state index contributed by atoms with van der Waals surface area (Å²) < 4.78 is 45.4. The lowest BCUT2D eigenvalue weighted by Crippen LogP contribution is -2.37. The third-order valence-electron chi connectivity index (χ3n) is 5.80. The molecule has 7 nitrogen and oxygen atoms in total. The van der Waals surface area contributed by atoms with E-state index in [9.17, 15) is 13.2 Å². The first-order chi connectivity index (χ1) is 14.8. The van der Waals surface area contributed by atoms with Crippen molar-refractivity contribution < 1.29 is 27.4 Å². The van der Waals surface area contributed by atoms with Gasteiger partial charge in [-0.1, -0.05) is 19.9 Å². The van der Waals surface area contributed by atoms with Crippen molar-refractivity contribution in [3.63, 3.8) is 0 Å². The van der Waals surface area contributed by atoms with Crippen LogP contribution in [0.15, 0.2) is 17.0 Å². The Labute approximate surface area is 192 Å². The molecule has 1 aromatic carbocycles. The van der Waals surface area contributed by atoms with Gasteiger partial charge in [0.1, 0.15) is 18.0 Å². The molecule has 1 N–H and O–H groups in total. The van der Waals surface area contributed by atoms with Gasteiger partial charge in [-0.05, 0) is 88.1 Å². The molecule has 1 aromatic rings. The molecule has 0 saturated carbocycles. The quantitative estimate of drug-likeness (QED) is 0.438.